The van der Waals surface area contributed by atoms with E-state index in [0.29, 0.717) is 32.4 Å². The number of carboxylic acid groups (broad SMARTS) is 1. The number of aliphatic hydroxyl groups is 4. The van der Waals surface area contributed by atoms with E-state index in [1.165, 1.54) is 25.3 Å². The second kappa shape index (κ2) is 19.6. The summed E-state index contributed by atoms with van der Waals surface area (Å²) in [5.41, 5.74) is 5.27. The van der Waals surface area contributed by atoms with Gasteiger partial charge in [-0.3, -0.25) is 0 Å². The first kappa shape index (κ1) is 42.6. The number of guanidine groups is 1. The third-order valence-electron chi connectivity index (χ3n) is 9.60. The number of cyclic esters (lactones) is 1. The molecule has 3 aromatic rings. The maximum absolute atomic E-state index is 13.6. The van der Waals surface area contributed by atoms with Gasteiger partial charge in [-0.2, -0.15) is 0 Å². The minimum atomic E-state index is -1.88. The minimum absolute atomic E-state index is 0.00119. The van der Waals surface area contributed by atoms with Gasteiger partial charge in [0, 0.05) is 43.8 Å². The largest absolute Gasteiger partial charge is 0.502 e. The van der Waals surface area contributed by atoms with Gasteiger partial charge in [0.1, 0.15) is 30.5 Å². The number of aliphatic hydroxyl groups excluding tert-OH is 4. The molecule has 1 fully saturated rings. The summed E-state index contributed by atoms with van der Waals surface area (Å²) in [5.74, 6) is -2.81. The monoisotopic (exact) mass is 798 g/mol. The molecule has 10 N–H and O–H groups in total. The van der Waals surface area contributed by atoms with Crippen LogP contribution in [0.15, 0.2) is 53.5 Å². The van der Waals surface area contributed by atoms with Crippen molar-refractivity contribution < 1.29 is 68.6 Å². The Morgan fingerprint density at radius 3 is 2.53 bits per heavy atom. The number of methoxy groups -OCH3 is 1. The van der Waals surface area contributed by atoms with Crippen LogP contribution in [0.25, 0.3) is 0 Å². The molecule has 310 valence electrons. The third-order valence-corrected chi connectivity index (χ3v) is 9.60. The predicted octanol–water partition coefficient (Wildman–Crippen LogP) is 1.53. The molecule has 0 unspecified atom stereocenters. The summed E-state index contributed by atoms with van der Waals surface area (Å²) >= 11 is 0. The Kier molecular flexibility index (Phi) is 14.6. The van der Waals surface area contributed by atoms with Gasteiger partial charge in [-0.15, -0.1) is 0 Å². The number of aromatic carboxylic acids is 1. The summed E-state index contributed by atoms with van der Waals surface area (Å²) < 4.78 is 35.1. The number of rotatable bonds is 17. The van der Waals surface area contributed by atoms with E-state index < -0.39 is 55.5 Å². The van der Waals surface area contributed by atoms with Crippen molar-refractivity contribution in [3.63, 3.8) is 0 Å². The maximum Gasteiger partial charge on any atom is 0.338 e. The number of hydrogen-bond acceptors (Lipinski definition) is 15. The first-order valence-electron chi connectivity index (χ1n) is 18.5. The molecular formula is C39H50N4O14. The Morgan fingerprint density at radius 1 is 1.05 bits per heavy atom. The molecule has 57 heavy (non-hydrogen) atoms. The van der Waals surface area contributed by atoms with Crippen LogP contribution in [0.1, 0.15) is 58.0 Å². The summed E-state index contributed by atoms with van der Waals surface area (Å²) in [7, 11) is 1.31. The number of nitrogens with two attached hydrogens (primary N) is 1. The molecule has 2 aliphatic heterocycles. The molecule has 5 atom stereocenters. The molecule has 2 heterocycles. The van der Waals surface area contributed by atoms with Gasteiger partial charge >= 0.3 is 11.9 Å². The van der Waals surface area contributed by atoms with E-state index in [4.69, 9.17) is 39.3 Å². The molecule has 0 radical (unpaired) electrons. The number of nitrogens with one attached hydrogen (secondary N) is 2. The first-order valence-corrected chi connectivity index (χ1v) is 18.5. The molecule has 18 heteroatoms. The summed E-state index contributed by atoms with van der Waals surface area (Å²) in [5, 5.41) is 69.5. The van der Waals surface area contributed by atoms with Crippen molar-refractivity contribution in [3.8, 4) is 28.7 Å². The molecule has 0 bridgehead atoms. The van der Waals surface area contributed by atoms with Crippen LogP contribution in [0.3, 0.4) is 0 Å². The van der Waals surface area contributed by atoms with Gasteiger partial charge in [-0.1, -0.05) is 30.3 Å². The summed E-state index contributed by atoms with van der Waals surface area (Å²) in [6, 6.07) is 13.4. The normalized spacial score (nSPS) is 22.1. The molecular weight excluding hydrogens is 748 g/mol. The number of esters is 1. The number of aliphatic imine (C=N–C) groups is 1. The molecule has 0 aromatic heterocycles. The van der Waals surface area contributed by atoms with Crippen LogP contribution >= 0.6 is 0 Å². The van der Waals surface area contributed by atoms with Gasteiger partial charge in [0.2, 0.25) is 12.0 Å². The highest BCUT2D eigenvalue weighted by molar-refractivity contribution is 5.95. The van der Waals surface area contributed by atoms with E-state index in [-0.39, 0.29) is 83.1 Å². The Balaban J connectivity index is 1.40. The molecule has 2 aliphatic rings. The molecule has 1 saturated heterocycles. The van der Waals surface area contributed by atoms with E-state index >= 15 is 0 Å². The highest BCUT2D eigenvalue weighted by Gasteiger charge is 2.56. The lowest BCUT2D eigenvalue weighted by molar-refractivity contribution is -0.320. The lowest BCUT2D eigenvalue weighted by Crippen LogP contribution is -2.67. The summed E-state index contributed by atoms with van der Waals surface area (Å²) in [6.07, 6.45) is -5.72. The van der Waals surface area contributed by atoms with Crippen LogP contribution in [-0.4, -0.2) is 125 Å². The number of unbranched alkanes of at least 4 members (excludes halogenated alkanes) is 1. The molecule has 18 nitrogen and oxygen atoms in total. The number of phenolic OH excluding ortho intramolecular Hbond substituents is 1. The number of carbonyl (C=O) groups is 2. The Morgan fingerprint density at radius 2 is 1.82 bits per heavy atom. The number of aromatic hydroxyl groups is 1. The number of hydrogen-bond donors (Lipinski definition) is 9. The van der Waals surface area contributed by atoms with Gasteiger partial charge in [-0.05, 0) is 44.2 Å². The molecule has 5 rings (SSSR count). The lowest BCUT2D eigenvalue weighted by Gasteiger charge is -2.48. The highest BCUT2D eigenvalue weighted by atomic mass is 16.7. The van der Waals surface area contributed by atoms with Gasteiger partial charge in [0.05, 0.1) is 30.5 Å². The molecule has 3 aromatic carbocycles. The fourth-order valence-corrected chi connectivity index (χ4v) is 6.56. The quantitative estimate of drug-likeness (QED) is 0.0405. The number of benzene rings is 3. The van der Waals surface area contributed by atoms with Crippen molar-refractivity contribution in [3.05, 3.63) is 70.8 Å². The van der Waals surface area contributed by atoms with Crippen molar-refractivity contribution >= 4 is 23.6 Å². The van der Waals surface area contributed by atoms with E-state index in [1.807, 2.05) is 30.3 Å². The topological polar surface area (TPSA) is 273 Å². The van der Waals surface area contributed by atoms with E-state index in [0.717, 1.165) is 5.56 Å². The number of ether oxygens (including phenoxy) is 6. The zero-order valence-electron chi connectivity index (χ0n) is 31.7. The van der Waals surface area contributed by atoms with Crippen LogP contribution < -0.4 is 35.3 Å². The van der Waals surface area contributed by atoms with Gasteiger partial charge < -0.3 is 75.4 Å². The average Bonchev–Trinajstić information content (AvgIpc) is 3.20. The van der Waals surface area contributed by atoms with E-state index in [2.05, 4.69) is 15.6 Å². The van der Waals surface area contributed by atoms with Gasteiger partial charge in [-0.25, -0.2) is 14.6 Å². The van der Waals surface area contributed by atoms with Crippen molar-refractivity contribution in [1.29, 1.82) is 0 Å². The number of nitrogens with zero attached hydrogens (tertiary/aromatic N) is 1. The molecule has 1 spiro atoms. The Hall–Kier alpha value is -5.53. The van der Waals surface area contributed by atoms with Crippen LogP contribution in [-0.2, 0) is 22.3 Å². The highest BCUT2D eigenvalue weighted by Crippen LogP contribution is 2.45. The first-order chi connectivity index (χ1) is 27.4. The SMILES string of the molecule is CCNc1cc(O[C@@H]2O[C@@]3(CCc4c(cc(OCCc5ccccc5)c(O)c4OC)C(=O)OC3)[C@@H](O)[C@H](O)[C@H]2O)c(OCN=C(N)NCCCCO)cc1C(=O)O. The van der Waals surface area contributed by atoms with Crippen molar-refractivity contribution in [2.45, 2.75) is 69.2 Å². The number of carbonyl (C=O) groups excluding carboxylic acids is 1. The maximum atomic E-state index is 13.6. The molecule has 0 aliphatic carbocycles. The second-order valence-electron chi connectivity index (χ2n) is 13.4. The van der Waals surface area contributed by atoms with E-state index in [9.17, 15) is 35.1 Å². The third kappa shape index (κ3) is 10.1. The number of fused-ring (bicyclic) bond motifs is 1. The molecule has 0 amide bonds. The smallest absolute Gasteiger partial charge is 0.338 e. The fourth-order valence-electron chi connectivity index (χ4n) is 6.56. The van der Waals surface area contributed by atoms with Crippen LogP contribution in [0, 0.1) is 0 Å². The van der Waals surface area contributed by atoms with Crippen molar-refractivity contribution in [2.75, 3.05) is 52.1 Å². The van der Waals surface area contributed by atoms with Crippen LogP contribution in [0.5, 0.6) is 28.7 Å². The van der Waals surface area contributed by atoms with Crippen molar-refractivity contribution in [2.24, 2.45) is 10.7 Å². The summed E-state index contributed by atoms with van der Waals surface area (Å²) in [6.45, 7) is 1.75. The average molecular weight is 799 g/mol. The number of carboxylic acids is 1. The predicted molar refractivity (Wildman–Crippen MR) is 204 cm³/mol. The van der Waals surface area contributed by atoms with Gasteiger partial charge in [0.25, 0.3) is 0 Å². The minimum Gasteiger partial charge on any atom is -0.502 e. The Labute approximate surface area is 328 Å². The van der Waals surface area contributed by atoms with Crippen LogP contribution in [0.4, 0.5) is 5.69 Å². The summed E-state index contributed by atoms with van der Waals surface area (Å²) in [4.78, 5) is 29.9. The zero-order chi connectivity index (χ0) is 41.1. The standard InChI is InChI=1S/C39H50N4O14/c1-3-41-26-19-28(27(18-25(26)35(49)50)55-21-43-38(40)42-14-7-8-15-44)56-37-32(47)31(46)34(48)39(57-37)13-11-23-24(36(51)54-20-39)17-29(30(45)33(23)52-2)53-16-12-22-9-5-4-6-10-22/h4-6,9-10,17-19,31-32,34,37,41,44-48H,3,7-8,11-16,20-21H2,1-2H3,(H,49,50)(H3,40,42,43)/t31-,32-,34+,37-,39-/m1/s1. The lowest BCUT2D eigenvalue weighted by atomic mass is 9.81. The Bertz CT molecular complexity index is 1880. The zero-order valence-corrected chi connectivity index (χ0v) is 31.7. The number of phenols is 1. The second-order valence-corrected chi connectivity index (χ2v) is 13.4. The van der Waals surface area contributed by atoms with E-state index in [1.54, 1.807) is 6.92 Å². The number of anilines is 1. The van der Waals surface area contributed by atoms with Gasteiger partial charge in [0.15, 0.2) is 35.7 Å². The molecule has 0 saturated carbocycles. The van der Waals surface area contributed by atoms with Crippen molar-refractivity contribution in [1.82, 2.24) is 5.32 Å². The fraction of sp³-hybridized carbons (Fsp3) is 0.462. The van der Waals surface area contributed by atoms with Crippen LogP contribution in [0.2, 0.25) is 0 Å².